The first-order valence-corrected chi connectivity index (χ1v) is 15.3. The van der Waals surface area contributed by atoms with Crippen LogP contribution in [0.2, 0.25) is 5.02 Å². The Hall–Kier alpha value is -0.580. The Labute approximate surface area is 213 Å². The van der Waals surface area contributed by atoms with Crippen molar-refractivity contribution in [1.82, 2.24) is 0 Å². The second-order valence-electron chi connectivity index (χ2n) is 8.90. The highest BCUT2D eigenvalue weighted by Gasteiger charge is 2.27. The van der Waals surface area contributed by atoms with Gasteiger partial charge in [0.25, 0.3) is 0 Å². The lowest BCUT2D eigenvalue weighted by Crippen LogP contribution is -2.07. The Morgan fingerprint density at radius 3 is 1.71 bits per heavy atom. The van der Waals surface area contributed by atoms with Crippen molar-refractivity contribution in [2.24, 2.45) is 0 Å². The molecule has 0 aromatic heterocycles. The molecule has 7 heteroatoms. The molecule has 5 nitrogen and oxygen atoms in total. The molecule has 198 valence electrons. The summed E-state index contributed by atoms with van der Waals surface area (Å²) in [4.78, 5) is 0. The lowest BCUT2D eigenvalue weighted by molar-refractivity contribution is 0.0809. The van der Waals surface area contributed by atoms with E-state index in [2.05, 4.69) is 6.92 Å². The highest BCUT2D eigenvalue weighted by atomic mass is 35.5. The third-order valence-corrected chi connectivity index (χ3v) is 7.57. The highest BCUT2D eigenvalue weighted by Crippen LogP contribution is 2.49. The fraction of sp³-hybridized carbons (Fsp3) is 0.778. The van der Waals surface area contributed by atoms with Crippen LogP contribution in [0.3, 0.4) is 0 Å². The molecule has 0 aliphatic carbocycles. The molecule has 1 unspecified atom stereocenters. The molecule has 0 aliphatic heterocycles. The zero-order valence-electron chi connectivity index (χ0n) is 21.6. The van der Waals surface area contributed by atoms with Gasteiger partial charge in [-0.2, -0.15) is 0 Å². The summed E-state index contributed by atoms with van der Waals surface area (Å²) in [5.41, 5.74) is 0. The zero-order valence-corrected chi connectivity index (χ0v) is 23.3. The maximum atomic E-state index is 12.5. The minimum atomic E-state index is -3.71. The molecule has 1 aromatic carbocycles. The van der Waals surface area contributed by atoms with Crippen LogP contribution < -0.4 is 4.52 Å². The van der Waals surface area contributed by atoms with Gasteiger partial charge in [-0.25, -0.2) is 4.57 Å². The van der Waals surface area contributed by atoms with Crippen LogP contribution in [-0.2, 0) is 18.3 Å². The van der Waals surface area contributed by atoms with Crippen molar-refractivity contribution in [3.8, 4) is 5.75 Å². The maximum Gasteiger partial charge on any atom is 0.529 e. The predicted octanol–water partition coefficient (Wildman–Crippen LogP) is 9.77. The number of unbranched alkanes of at least 4 members (excludes halogenated alkanes) is 15. The number of ether oxygens (including phenoxy) is 1. The Morgan fingerprint density at radius 2 is 1.21 bits per heavy atom. The van der Waals surface area contributed by atoms with E-state index >= 15 is 0 Å². The van der Waals surface area contributed by atoms with Crippen LogP contribution in [0, 0.1) is 0 Å². The van der Waals surface area contributed by atoms with Crippen molar-refractivity contribution in [2.75, 3.05) is 26.9 Å². The number of benzene rings is 1. The van der Waals surface area contributed by atoms with Gasteiger partial charge in [-0.05, 0) is 18.6 Å². The van der Waals surface area contributed by atoms with Crippen LogP contribution in [0.25, 0.3) is 0 Å². The lowest BCUT2D eigenvalue weighted by atomic mass is 10.0. The third-order valence-electron chi connectivity index (χ3n) is 5.89. The van der Waals surface area contributed by atoms with Crippen molar-refractivity contribution in [1.29, 1.82) is 0 Å². The van der Waals surface area contributed by atoms with Crippen LogP contribution in [0.5, 0.6) is 5.75 Å². The fourth-order valence-corrected chi connectivity index (χ4v) is 4.98. The van der Waals surface area contributed by atoms with Gasteiger partial charge < -0.3 is 9.26 Å². The summed E-state index contributed by atoms with van der Waals surface area (Å²) in [6, 6.07) is 6.77. The Morgan fingerprint density at radius 1 is 0.706 bits per heavy atom. The summed E-state index contributed by atoms with van der Waals surface area (Å²) in [5.74, 6) is 0.267. The molecule has 1 rings (SSSR count). The van der Waals surface area contributed by atoms with Gasteiger partial charge in [0.2, 0.25) is 0 Å². The predicted molar refractivity (Wildman–Crippen MR) is 143 cm³/mol. The number of para-hydroxylation sites is 1. The molecule has 0 aliphatic rings. The van der Waals surface area contributed by atoms with Gasteiger partial charge in [-0.15, -0.1) is 0 Å². The number of phosphoric ester groups is 1. The smallest absolute Gasteiger partial charge is 0.402 e. The normalized spacial score (nSPS) is 13.1. The first-order chi connectivity index (χ1) is 16.6. The van der Waals surface area contributed by atoms with Crippen molar-refractivity contribution in [2.45, 2.75) is 110 Å². The molecule has 0 spiro atoms. The Bertz CT molecular complexity index is 643. The van der Waals surface area contributed by atoms with E-state index in [0.717, 1.165) is 6.42 Å². The molecule has 0 heterocycles. The number of halogens is 1. The Kier molecular flexibility index (Phi) is 20.1. The minimum Gasteiger partial charge on any atom is -0.402 e. The SMILES string of the molecule is CCCCCCCCCCCCCCCCCCOCCOP(=O)(OC)Oc1ccccc1Cl. The quantitative estimate of drug-likeness (QED) is 0.101. The average molecular weight is 519 g/mol. The maximum absolute atomic E-state index is 12.5. The number of rotatable bonds is 24. The minimum absolute atomic E-state index is 0.133. The molecule has 0 N–H and O–H groups in total. The van der Waals surface area contributed by atoms with Gasteiger partial charge in [-0.3, -0.25) is 9.05 Å². The molecule has 34 heavy (non-hydrogen) atoms. The summed E-state index contributed by atoms with van der Waals surface area (Å²) in [6.07, 6.45) is 21.6. The van der Waals surface area contributed by atoms with Crippen LogP contribution in [-0.4, -0.2) is 26.9 Å². The van der Waals surface area contributed by atoms with Gasteiger partial charge >= 0.3 is 7.82 Å². The van der Waals surface area contributed by atoms with Crippen LogP contribution in [0.4, 0.5) is 0 Å². The zero-order chi connectivity index (χ0) is 24.7. The molecule has 0 fully saturated rings. The van der Waals surface area contributed by atoms with Crippen molar-refractivity contribution in [3.63, 3.8) is 0 Å². The summed E-state index contributed by atoms with van der Waals surface area (Å²) < 4.78 is 33.7. The van der Waals surface area contributed by atoms with Crippen LogP contribution >= 0.6 is 19.4 Å². The van der Waals surface area contributed by atoms with E-state index in [1.807, 2.05) is 0 Å². The Balaban J connectivity index is 1.86. The van der Waals surface area contributed by atoms with Crippen LogP contribution in [0.1, 0.15) is 110 Å². The van der Waals surface area contributed by atoms with Crippen molar-refractivity contribution < 1.29 is 22.9 Å². The van der Waals surface area contributed by atoms with Gasteiger partial charge in [0, 0.05) is 13.7 Å². The number of hydrogen-bond donors (Lipinski definition) is 0. The largest absolute Gasteiger partial charge is 0.529 e. The van der Waals surface area contributed by atoms with E-state index in [1.54, 1.807) is 24.3 Å². The van der Waals surface area contributed by atoms with E-state index in [4.69, 9.17) is 29.9 Å². The molecule has 1 atom stereocenters. The fourth-order valence-electron chi connectivity index (χ4n) is 3.82. The summed E-state index contributed by atoms with van der Waals surface area (Å²) in [7, 11) is -2.42. The number of hydrogen-bond acceptors (Lipinski definition) is 5. The van der Waals surface area contributed by atoms with Gasteiger partial charge in [0.1, 0.15) is 5.75 Å². The molecule has 0 saturated carbocycles. The summed E-state index contributed by atoms with van der Waals surface area (Å²) in [6.45, 7) is 3.44. The standard InChI is InChI=1S/C27H48ClO5P/c1-3-4-5-6-7-8-9-10-11-12-13-14-15-16-17-20-23-31-24-25-32-34(29,30-2)33-27-22-19-18-21-26(27)28/h18-19,21-22H,3-17,20,23-25H2,1-2H3. The van der Waals surface area contributed by atoms with Crippen LogP contribution in [0.15, 0.2) is 24.3 Å². The average Bonchev–Trinajstić information content (AvgIpc) is 2.84. The number of phosphoric acid groups is 1. The van der Waals surface area contributed by atoms with Gasteiger partial charge in [0.05, 0.1) is 18.2 Å². The first kappa shape index (κ1) is 31.4. The van der Waals surface area contributed by atoms with Gasteiger partial charge in [-0.1, -0.05) is 127 Å². The topological polar surface area (TPSA) is 54.0 Å². The van der Waals surface area contributed by atoms with E-state index in [0.29, 0.717) is 18.2 Å². The summed E-state index contributed by atoms with van der Waals surface area (Å²) in [5, 5.41) is 0.350. The van der Waals surface area contributed by atoms with Crippen molar-refractivity contribution in [3.05, 3.63) is 29.3 Å². The lowest BCUT2D eigenvalue weighted by Gasteiger charge is -2.17. The molecular weight excluding hydrogens is 471 g/mol. The van der Waals surface area contributed by atoms with Gasteiger partial charge in [0.15, 0.2) is 0 Å². The molecule has 0 amide bonds. The van der Waals surface area contributed by atoms with E-state index in [1.165, 1.54) is 103 Å². The molecule has 0 bridgehead atoms. The van der Waals surface area contributed by atoms with Crippen molar-refractivity contribution >= 4 is 19.4 Å². The highest BCUT2D eigenvalue weighted by molar-refractivity contribution is 7.48. The van der Waals surface area contributed by atoms with E-state index < -0.39 is 7.82 Å². The summed E-state index contributed by atoms with van der Waals surface area (Å²) >= 11 is 6.02. The molecular formula is C27H48ClO5P. The van der Waals surface area contributed by atoms with E-state index in [-0.39, 0.29) is 12.4 Å². The third kappa shape index (κ3) is 16.9. The molecule has 1 aromatic rings. The molecule has 0 radical (unpaired) electrons. The second-order valence-corrected chi connectivity index (χ2v) is 11.0. The second kappa shape index (κ2) is 21.7. The first-order valence-electron chi connectivity index (χ1n) is 13.4. The monoisotopic (exact) mass is 518 g/mol. The molecule has 0 saturated heterocycles. The van der Waals surface area contributed by atoms with E-state index in [9.17, 15) is 4.57 Å².